The highest BCUT2D eigenvalue weighted by Crippen LogP contribution is 2.22. The summed E-state index contributed by atoms with van der Waals surface area (Å²) in [6, 6.07) is 3.41. The van der Waals surface area contributed by atoms with Crippen LogP contribution in [0.3, 0.4) is 0 Å². The molecule has 0 aliphatic carbocycles. The second-order valence-corrected chi connectivity index (χ2v) is 6.04. The molecule has 0 radical (unpaired) electrons. The molecule has 5 nitrogen and oxygen atoms in total. The number of nitrogens with zero attached hydrogens (tertiary/aromatic N) is 2. The molecule has 1 aromatic heterocycles. The van der Waals surface area contributed by atoms with Crippen molar-refractivity contribution in [2.45, 2.75) is 45.3 Å². The Bertz CT molecular complexity index is 554. The minimum absolute atomic E-state index is 0.00505. The van der Waals surface area contributed by atoms with Gasteiger partial charge in [0, 0.05) is 6.54 Å². The van der Waals surface area contributed by atoms with Crippen molar-refractivity contribution in [1.29, 1.82) is 0 Å². The lowest BCUT2D eigenvalue weighted by Gasteiger charge is -2.27. The molecule has 2 heterocycles. The number of pyridine rings is 1. The number of hydrogen-bond acceptors (Lipinski definition) is 4. The maximum absolute atomic E-state index is 13.1. The Labute approximate surface area is 123 Å². The molecular weight excluding hydrogens is 275 g/mol. The number of rotatable bonds is 2. The van der Waals surface area contributed by atoms with E-state index < -0.39 is 29.5 Å². The summed E-state index contributed by atoms with van der Waals surface area (Å²) in [6.45, 7) is 5.78. The molecule has 0 unspecified atom stereocenters. The number of amides is 1. The van der Waals surface area contributed by atoms with Gasteiger partial charge in [-0.25, -0.2) is 9.78 Å². The number of halogens is 1. The van der Waals surface area contributed by atoms with Gasteiger partial charge >= 0.3 is 5.97 Å². The van der Waals surface area contributed by atoms with E-state index in [9.17, 15) is 14.0 Å². The van der Waals surface area contributed by atoms with E-state index >= 15 is 0 Å². The first-order valence-corrected chi connectivity index (χ1v) is 6.94. The molecule has 1 aliphatic rings. The predicted molar refractivity (Wildman–Crippen MR) is 74.1 cm³/mol. The van der Waals surface area contributed by atoms with Crippen LogP contribution < -0.4 is 0 Å². The first-order valence-electron chi connectivity index (χ1n) is 6.94. The van der Waals surface area contributed by atoms with Crippen molar-refractivity contribution < 1.29 is 18.7 Å². The Morgan fingerprint density at radius 3 is 2.71 bits per heavy atom. The Balaban J connectivity index is 2.15. The highest BCUT2D eigenvalue weighted by atomic mass is 19.1. The number of ether oxygens (including phenoxy) is 1. The zero-order chi connectivity index (χ0) is 15.6. The Morgan fingerprint density at radius 2 is 2.10 bits per heavy atom. The van der Waals surface area contributed by atoms with Crippen LogP contribution >= 0.6 is 0 Å². The van der Waals surface area contributed by atoms with E-state index in [2.05, 4.69) is 4.98 Å². The molecule has 21 heavy (non-hydrogen) atoms. The van der Waals surface area contributed by atoms with Gasteiger partial charge in [0.05, 0.1) is 0 Å². The number of aromatic nitrogens is 1. The first-order chi connectivity index (χ1) is 9.78. The van der Waals surface area contributed by atoms with Gasteiger partial charge in [0.2, 0.25) is 5.95 Å². The fourth-order valence-corrected chi connectivity index (χ4v) is 2.30. The number of carbonyl (C=O) groups excluding carboxylic acids is 2. The third-order valence-corrected chi connectivity index (χ3v) is 3.13. The molecule has 1 fully saturated rings. The third-order valence-electron chi connectivity index (χ3n) is 3.13. The predicted octanol–water partition coefficient (Wildman–Crippen LogP) is 2.17. The fourth-order valence-electron chi connectivity index (χ4n) is 2.30. The number of carbonyl (C=O) groups is 2. The maximum Gasteiger partial charge on any atom is 0.329 e. The van der Waals surface area contributed by atoms with E-state index in [1.54, 1.807) is 20.8 Å². The van der Waals surface area contributed by atoms with Gasteiger partial charge in [0.25, 0.3) is 5.91 Å². The summed E-state index contributed by atoms with van der Waals surface area (Å²) in [5.74, 6) is -1.58. The monoisotopic (exact) mass is 294 g/mol. The standard InChI is InChI=1S/C15H19FN2O3/c1-15(2,3)21-14(20)11-7-5-9-18(11)13(19)10-6-4-8-12(16)17-10/h4,6,8,11H,5,7,9H2,1-3H3/t11-/m0/s1. The Kier molecular flexibility index (Phi) is 4.25. The van der Waals surface area contributed by atoms with Crippen LogP contribution in [0.2, 0.25) is 0 Å². The van der Waals surface area contributed by atoms with Crippen molar-refractivity contribution >= 4 is 11.9 Å². The average molecular weight is 294 g/mol. The van der Waals surface area contributed by atoms with Gasteiger partial charge in [0.1, 0.15) is 17.3 Å². The molecule has 0 bridgehead atoms. The molecule has 0 spiro atoms. The van der Waals surface area contributed by atoms with Crippen molar-refractivity contribution in [2.24, 2.45) is 0 Å². The quantitative estimate of drug-likeness (QED) is 0.619. The Morgan fingerprint density at radius 1 is 1.38 bits per heavy atom. The molecule has 0 aromatic carbocycles. The first kappa shape index (κ1) is 15.4. The van der Waals surface area contributed by atoms with Crippen LogP contribution in [0.5, 0.6) is 0 Å². The largest absolute Gasteiger partial charge is 0.458 e. The van der Waals surface area contributed by atoms with Crippen LogP contribution in [0.1, 0.15) is 44.1 Å². The zero-order valence-electron chi connectivity index (χ0n) is 12.4. The van der Waals surface area contributed by atoms with Crippen molar-refractivity contribution in [1.82, 2.24) is 9.88 Å². The van der Waals surface area contributed by atoms with E-state index in [0.717, 1.165) is 0 Å². The van der Waals surface area contributed by atoms with Crippen LogP contribution in [0.4, 0.5) is 4.39 Å². The molecule has 6 heteroatoms. The molecule has 1 amide bonds. The summed E-state index contributed by atoms with van der Waals surface area (Å²) < 4.78 is 18.5. The summed E-state index contributed by atoms with van der Waals surface area (Å²) in [5.41, 5.74) is -0.601. The molecule has 1 aromatic rings. The number of hydrogen-bond donors (Lipinski definition) is 0. The topological polar surface area (TPSA) is 59.5 Å². The number of esters is 1. The van der Waals surface area contributed by atoms with Gasteiger partial charge in [0.15, 0.2) is 0 Å². The highest BCUT2D eigenvalue weighted by Gasteiger charge is 2.37. The lowest BCUT2D eigenvalue weighted by Crippen LogP contribution is -2.43. The van der Waals surface area contributed by atoms with E-state index in [0.29, 0.717) is 19.4 Å². The highest BCUT2D eigenvalue weighted by molar-refractivity contribution is 5.95. The summed E-state index contributed by atoms with van der Waals surface area (Å²) in [5, 5.41) is 0. The van der Waals surface area contributed by atoms with Gasteiger partial charge < -0.3 is 9.64 Å². The summed E-state index contributed by atoms with van der Waals surface area (Å²) in [6.07, 6.45) is 1.26. The van der Waals surface area contributed by atoms with Crippen LogP contribution in [0, 0.1) is 5.95 Å². The minimum atomic E-state index is -0.714. The molecule has 1 saturated heterocycles. The van der Waals surface area contributed by atoms with E-state index in [-0.39, 0.29) is 5.69 Å². The molecule has 1 aliphatic heterocycles. The molecular formula is C15H19FN2O3. The summed E-state index contributed by atoms with van der Waals surface area (Å²) >= 11 is 0. The van der Waals surface area contributed by atoms with E-state index in [1.165, 1.54) is 23.1 Å². The van der Waals surface area contributed by atoms with Crippen molar-refractivity contribution in [3.05, 3.63) is 29.8 Å². The van der Waals surface area contributed by atoms with E-state index in [1.807, 2.05) is 0 Å². The van der Waals surface area contributed by atoms with Crippen molar-refractivity contribution in [3.63, 3.8) is 0 Å². The van der Waals surface area contributed by atoms with Crippen LogP contribution in [0.15, 0.2) is 18.2 Å². The van der Waals surface area contributed by atoms with Crippen molar-refractivity contribution in [2.75, 3.05) is 6.54 Å². The summed E-state index contributed by atoms with van der Waals surface area (Å²) in [7, 11) is 0. The minimum Gasteiger partial charge on any atom is -0.458 e. The fraction of sp³-hybridized carbons (Fsp3) is 0.533. The SMILES string of the molecule is CC(C)(C)OC(=O)[C@@H]1CCCN1C(=O)c1cccc(F)n1. The molecule has 0 N–H and O–H groups in total. The second kappa shape index (κ2) is 5.79. The average Bonchev–Trinajstić information content (AvgIpc) is 2.85. The second-order valence-electron chi connectivity index (χ2n) is 6.04. The zero-order valence-corrected chi connectivity index (χ0v) is 12.4. The van der Waals surface area contributed by atoms with Crippen molar-refractivity contribution in [3.8, 4) is 0 Å². The Hall–Kier alpha value is -1.98. The summed E-state index contributed by atoms with van der Waals surface area (Å²) in [4.78, 5) is 29.5. The van der Waals surface area contributed by atoms with Gasteiger partial charge in [-0.05, 0) is 45.7 Å². The molecule has 1 atom stereocenters. The lowest BCUT2D eigenvalue weighted by molar-refractivity contribution is -0.159. The molecule has 114 valence electrons. The lowest BCUT2D eigenvalue weighted by atomic mass is 10.1. The molecule has 0 saturated carbocycles. The van der Waals surface area contributed by atoms with Gasteiger partial charge in [-0.3, -0.25) is 4.79 Å². The normalized spacial score (nSPS) is 18.7. The van der Waals surface area contributed by atoms with Gasteiger partial charge in [-0.1, -0.05) is 6.07 Å². The van der Waals surface area contributed by atoms with Gasteiger partial charge in [-0.2, -0.15) is 4.39 Å². The van der Waals surface area contributed by atoms with Gasteiger partial charge in [-0.15, -0.1) is 0 Å². The smallest absolute Gasteiger partial charge is 0.329 e. The maximum atomic E-state index is 13.1. The van der Waals surface area contributed by atoms with Crippen LogP contribution in [-0.4, -0.2) is 39.9 Å². The number of likely N-dealkylation sites (tertiary alicyclic amines) is 1. The van der Waals surface area contributed by atoms with E-state index in [4.69, 9.17) is 4.74 Å². The third kappa shape index (κ3) is 3.77. The van der Waals surface area contributed by atoms with Crippen LogP contribution in [-0.2, 0) is 9.53 Å². The molecule has 2 rings (SSSR count). The van der Waals surface area contributed by atoms with Crippen LogP contribution in [0.25, 0.3) is 0 Å².